The Labute approximate surface area is 108 Å². The molecule has 0 fully saturated rings. The Morgan fingerprint density at radius 2 is 2.00 bits per heavy atom. The van der Waals surface area contributed by atoms with E-state index in [0.717, 1.165) is 15.8 Å². The first-order valence-corrected chi connectivity index (χ1v) is 5.80. The van der Waals surface area contributed by atoms with E-state index in [9.17, 15) is 0 Å². The third kappa shape index (κ3) is 2.77. The zero-order valence-corrected chi connectivity index (χ0v) is 10.5. The van der Waals surface area contributed by atoms with Crippen LogP contribution in [0, 0.1) is 11.3 Å². The molecule has 2 aromatic carbocycles. The molecule has 3 N–H and O–H groups in total. The van der Waals surface area contributed by atoms with Crippen LogP contribution in [0.15, 0.2) is 46.9 Å². The summed E-state index contributed by atoms with van der Waals surface area (Å²) in [6, 6.07) is 15.0. The molecule has 0 bridgehead atoms. The van der Waals surface area contributed by atoms with Crippen LogP contribution in [0.1, 0.15) is 5.56 Å². The van der Waals surface area contributed by atoms with Gasteiger partial charge in [0, 0.05) is 10.2 Å². The van der Waals surface area contributed by atoms with E-state index in [-0.39, 0.29) is 0 Å². The Morgan fingerprint density at radius 1 is 1.18 bits per heavy atom. The lowest BCUT2D eigenvalue weighted by atomic mass is 10.2. The summed E-state index contributed by atoms with van der Waals surface area (Å²) in [4.78, 5) is 0. The number of benzene rings is 2. The molecule has 0 heterocycles. The standard InChI is InChI=1S/C13H10BrN3/c14-10-4-5-13(12(16)7-10)17-11-3-1-2-9(6-11)8-15/h1-7,17H,16H2. The molecular weight excluding hydrogens is 278 g/mol. The van der Waals surface area contributed by atoms with Crippen LogP contribution in [0.2, 0.25) is 0 Å². The van der Waals surface area contributed by atoms with E-state index < -0.39 is 0 Å². The molecule has 0 amide bonds. The summed E-state index contributed by atoms with van der Waals surface area (Å²) < 4.78 is 0.936. The van der Waals surface area contributed by atoms with Crippen molar-refractivity contribution < 1.29 is 0 Å². The number of anilines is 3. The average molecular weight is 288 g/mol. The molecule has 0 unspecified atom stereocenters. The molecule has 0 radical (unpaired) electrons. The van der Waals surface area contributed by atoms with E-state index in [1.54, 1.807) is 12.1 Å². The molecule has 0 aliphatic carbocycles. The summed E-state index contributed by atoms with van der Waals surface area (Å²) in [5.74, 6) is 0. The number of nitrogens with one attached hydrogen (secondary N) is 1. The van der Waals surface area contributed by atoms with Gasteiger partial charge in [0.1, 0.15) is 0 Å². The SMILES string of the molecule is N#Cc1cccc(Nc2ccc(Br)cc2N)c1. The first-order valence-electron chi connectivity index (χ1n) is 5.01. The van der Waals surface area contributed by atoms with Crippen LogP contribution in [0.3, 0.4) is 0 Å². The molecule has 2 rings (SSSR count). The van der Waals surface area contributed by atoms with E-state index in [4.69, 9.17) is 11.0 Å². The summed E-state index contributed by atoms with van der Waals surface area (Å²) in [6.45, 7) is 0. The molecule has 0 saturated heterocycles. The van der Waals surface area contributed by atoms with Gasteiger partial charge < -0.3 is 11.1 Å². The maximum absolute atomic E-state index is 8.81. The highest BCUT2D eigenvalue weighted by atomic mass is 79.9. The van der Waals surface area contributed by atoms with Crippen LogP contribution >= 0.6 is 15.9 Å². The van der Waals surface area contributed by atoms with Gasteiger partial charge in [-0.3, -0.25) is 0 Å². The van der Waals surface area contributed by atoms with Gasteiger partial charge in [0.05, 0.1) is 23.0 Å². The van der Waals surface area contributed by atoms with Crippen LogP contribution in [0.4, 0.5) is 17.1 Å². The summed E-state index contributed by atoms with van der Waals surface area (Å²) in [5.41, 5.74) is 8.82. The lowest BCUT2D eigenvalue weighted by molar-refractivity contribution is 1.47. The van der Waals surface area contributed by atoms with Crippen molar-refractivity contribution in [2.24, 2.45) is 0 Å². The van der Waals surface area contributed by atoms with Crippen molar-refractivity contribution in [3.05, 3.63) is 52.5 Å². The Bertz CT molecular complexity index is 587. The molecule has 0 aromatic heterocycles. The highest BCUT2D eigenvalue weighted by molar-refractivity contribution is 9.10. The van der Waals surface area contributed by atoms with E-state index >= 15 is 0 Å². The molecule has 0 spiro atoms. The van der Waals surface area contributed by atoms with Crippen molar-refractivity contribution in [2.45, 2.75) is 0 Å². The second-order valence-corrected chi connectivity index (χ2v) is 4.46. The smallest absolute Gasteiger partial charge is 0.0992 e. The lowest BCUT2D eigenvalue weighted by Gasteiger charge is -2.09. The normalized spacial score (nSPS) is 9.65. The Balaban J connectivity index is 2.28. The highest BCUT2D eigenvalue weighted by Gasteiger charge is 2.01. The number of nitrogen functional groups attached to an aromatic ring is 1. The Kier molecular flexibility index (Phi) is 3.31. The van der Waals surface area contributed by atoms with Crippen molar-refractivity contribution >= 4 is 33.0 Å². The number of nitrogens with two attached hydrogens (primary N) is 1. The molecule has 17 heavy (non-hydrogen) atoms. The molecule has 0 saturated carbocycles. The summed E-state index contributed by atoms with van der Waals surface area (Å²) in [6.07, 6.45) is 0. The van der Waals surface area contributed by atoms with Crippen LogP contribution in [0.25, 0.3) is 0 Å². The summed E-state index contributed by atoms with van der Waals surface area (Å²) in [5, 5.41) is 12.0. The Morgan fingerprint density at radius 3 is 2.71 bits per heavy atom. The van der Waals surface area contributed by atoms with Crippen molar-refractivity contribution in [1.29, 1.82) is 5.26 Å². The van der Waals surface area contributed by atoms with Gasteiger partial charge in [-0.15, -0.1) is 0 Å². The number of hydrogen-bond donors (Lipinski definition) is 2. The van der Waals surface area contributed by atoms with E-state index in [2.05, 4.69) is 27.3 Å². The number of nitriles is 1. The van der Waals surface area contributed by atoms with Crippen LogP contribution in [-0.2, 0) is 0 Å². The minimum atomic E-state index is 0.616. The predicted molar refractivity (Wildman–Crippen MR) is 73.0 cm³/mol. The molecule has 3 nitrogen and oxygen atoms in total. The number of nitrogens with zero attached hydrogens (tertiary/aromatic N) is 1. The number of rotatable bonds is 2. The first-order chi connectivity index (χ1) is 8.19. The second-order valence-electron chi connectivity index (χ2n) is 3.55. The van der Waals surface area contributed by atoms with Crippen molar-refractivity contribution in [1.82, 2.24) is 0 Å². The fourth-order valence-electron chi connectivity index (χ4n) is 1.47. The van der Waals surface area contributed by atoms with Crippen molar-refractivity contribution in [3.63, 3.8) is 0 Å². The largest absolute Gasteiger partial charge is 0.397 e. The number of hydrogen-bond acceptors (Lipinski definition) is 3. The quantitative estimate of drug-likeness (QED) is 0.829. The van der Waals surface area contributed by atoms with Crippen molar-refractivity contribution in [3.8, 4) is 6.07 Å². The summed E-state index contributed by atoms with van der Waals surface area (Å²) >= 11 is 3.35. The van der Waals surface area contributed by atoms with E-state index in [0.29, 0.717) is 11.3 Å². The van der Waals surface area contributed by atoms with Gasteiger partial charge in [0.25, 0.3) is 0 Å². The molecule has 84 valence electrons. The Hall–Kier alpha value is -1.99. The maximum atomic E-state index is 8.81. The fraction of sp³-hybridized carbons (Fsp3) is 0. The van der Waals surface area contributed by atoms with Crippen LogP contribution < -0.4 is 11.1 Å². The minimum Gasteiger partial charge on any atom is -0.397 e. The minimum absolute atomic E-state index is 0.616. The molecule has 0 aliphatic rings. The average Bonchev–Trinajstić information content (AvgIpc) is 2.33. The monoisotopic (exact) mass is 287 g/mol. The van der Waals surface area contributed by atoms with Crippen molar-refractivity contribution in [2.75, 3.05) is 11.1 Å². The topological polar surface area (TPSA) is 61.8 Å². The lowest BCUT2D eigenvalue weighted by Crippen LogP contribution is -1.96. The molecule has 0 atom stereocenters. The summed E-state index contributed by atoms with van der Waals surface area (Å²) in [7, 11) is 0. The maximum Gasteiger partial charge on any atom is 0.0992 e. The van der Waals surface area contributed by atoms with Gasteiger partial charge >= 0.3 is 0 Å². The third-order valence-electron chi connectivity index (χ3n) is 2.28. The van der Waals surface area contributed by atoms with E-state index in [1.807, 2.05) is 30.3 Å². The molecule has 2 aromatic rings. The number of halogens is 1. The van der Waals surface area contributed by atoms with Gasteiger partial charge in [-0.2, -0.15) is 5.26 Å². The zero-order chi connectivity index (χ0) is 12.3. The van der Waals surface area contributed by atoms with Gasteiger partial charge in [-0.25, -0.2) is 0 Å². The predicted octanol–water partition coefficient (Wildman–Crippen LogP) is 3.65. The van der Waals surface area contributed by atoms with Crippen LogP contribution in [-0.4, -0.2) is 0 Å². The van der Waals surface area contributed by atoms with Crippen LogP contribution in [0.5, 0.6) is 0 Å². The van der Waals surface area contributed by atoms with Gasteiger partial charge in [0.15, 0.2) is 0 Å². The zero-order valence-electron chi connectivity index (χ0n) is 8.94. The van der Waals surface area contributed by atoms with Gasteiger partial charge in [0.2, 0.25) is 0 Å². The van der Waals surface area contributed by atoms with Gasteiger partial charge in [-0.1, -0.05) is 22.0 Å². The molecule has 0 aliphatic heterocycles. The third-order valence-corrected chi connectivity index (χ3v) is 2.78. The second kappa shape index (κ2) is 4.89. The molecule has 4 heteroatoms. The fourth-order valence-corrected chi connectivity index (χ4v) is 1.85. The first kappa shape index (κ1) is 11.5. The van der Waals surface area contributed by atoms with Gasteiger partial charge in [-0.05, 0) is 36.4 Å². The van der Waals surface area contributed by atoms with E-state index in [1.165, 1.54) is 0 Å². The highest BCUT2D eigenvalue weighted by Crippen LogP contribution is 2.26. The molecular formula is C13H10BrN3.